The first-order chi connectivity index (χ1) is 18.8. The van der Waals surface area contributed by atoms with Gasteiger partial charge in [0.25, 0.3) is 0 Å². The van der Waals surface area contributed by atoms with E-state index < -0.39 is 29.9 Å². The number of rotatable bonds is 16. The summed E-state index contributed by atoms with van der Waals surface area (Å²) in [5.41, 5.74) is 13.9. The number of hydrogen-bond acceptors (Lipinski definition) is 8. The highest BCUT2D eigenvalue weighted by Gasteiger charge is 2.25. The molecule has 0 radical (unpaired) electrons. The minimum Gasteiger partial charge on any atom is -0.497 e. The first kappa shape index (κ1) is 32.8. The molecule has 0 saturated heterocycles. The molecule has 3 atom stereocenters. The summed E-state index contributed by atoms with van der Waals surface area (Å²) in [6.07, 6.45) is 2.83. The van der Waals surface area contributed by atoms with Gasteiger partial charge in [0.05, 0.1) is 30.8 Å². The van der Waals surface area contributed by atoms with Gasteiger partial charge in [0.2, 0.25) is 11.8 Å². The van der Waals surface area contributed by atoms with Gasteiger partial charge in [-0.25, -0.2) is 4.79 Å². The first-order valence-electron chi connectivity index (χ1n) is 13.9. The maximum absolute atomic E-state index is 12.4. The number of pyridine rings is 1. The van der Waals surface area contributed by atoms with Crippen LogP contribution in [0.2, 0.25) is 0 Å². The summed E-state index contributed by atoms with van der Waals surface area (Å²) in [5, 5.41) is 19.1. The second-order valence-electron chi connectivity index (χ2n) is 11.2. The zero-order chi connectivity index (χ0) is 29.9. The lowest BCUT2D eigenvalue weighted by Crippen LogP contribution is -2.50. The summed E-state index contributed by atoms with van der Waals surface area (Å²) in [6, 6.07) is 5.86. The first-order valence-corrected chi connectivity index (χ1v) is 13.9. The minimum atomic E-state index is -1.35. The van der Waals surface area contributed by atoms with E-state index in [4.69, 9.17) is 21.2 Å². The Kier molecular flexibility index (Phi) is 12.6. The normalized spacial score (nSPS) is 13.8. The number of aliphatic carboxylic acids is 1. The summed E-state index contributed by atoms with van der Waals surface area (Å²) >= 11 is 0. The molecule has 0 fully saturated rings. The molecule has 222 valence electrons. The highest BCUT2D eigenvalue weighted by Crippen LogP contribution is 2.31. The van der Waals surface area contributed by atoms with Crippen LogP contribution in [0.25, 0.3) is 10.9 Å². The number of anilines is 1. The molecule has 8 N–H and O–H groups in total. The largest absolute Gasteiger partial charge is 0.497 e. The molecule has 0 aliphatic carbocycles. The molecule has 0 spiro atoms. The van der Waals surface area contributed by atoms with Crippen molar-refractivity contribution in [3.63, 3.8) is 0 Å². The summed E-state index contributed by atoms with van der Waals surface area (Å²) in [6.45, 7) is 9.29. The predicted octanol–water partition coefficient (Wildman–Crippen LogP) is 2.65. The van der Waals surface area contributed by atoms with Crippen molar-refractivity contribution in [1.82, 2.24) is 15.6 Å². The summed E-state index contributed by atoms with van der Waals surface area (Å²) in [7, 11) is 1.63. The average molecular weight is 559 g/mol. The Morgan fingerprint density at radius 2 is 1.82 bits per heavy atom. The SMILES string of the molecule is COc1cc(NC(C)CCCNC(=O)CC(NC(=O)[C@H](N)CCCCN)C(=O)O)c2nc(C(C)(C)C)ccc2c1. The fraction of sp³-hybridized carbons (Fsp3) is 0.586. The molecule has 1 heterocycles. The number of carbonyl (C=O) groups excluding carboxylic acids is 2. The number of benzene rings is 1. The van der Waals surface area contributed by atoms with Crippen molar-refractivity contribution in [2.45, 2.75) is 89.8 Å². The molecule has 0 aliphatic heterocycles. The molecule has 11 heteroatoms. The molecule has 2 unspecified atom stereocenters. The van der Waals surface area contributed by atoms with E-state index in [0.29, 0.717) is 32.4 Å². The number of carboxylic acid groups (broad SMARTS) is 1. The number of methoxy groups -OCH3 is 1. The molecule has 2 amide bonds. The molecule has 0 bridgehead atoms. The smallest absolute Gasteiger partial charge is 0.326 e. The van der Waals surface area contributed by atoms with E-state index in [2.05, 4.69) is 42.8 Å². The van der Waals surface area contributed by atoms with Crippen molar-refractivity contribution < 1.29 is 24.2 Å². The number of amides is 2. The van der Waals surface area contributed by atoms with E-state index in [0.717, 1.165) is 40.9 Å². The topological polar surface area (TPSA) is 182 Å². The van der Waals surface area contributed by atoms with Crippen molar-refractivity contribution in [2.24, 2.45) is 11.5 Å². The van der Waals surface area contributed by atoms with Crippen LogP contribution < -0.4 is 32.2 Å². The quantitative estimate of drug-likeness (QED) is 0.169. The number of carboxylic acids is 1. The number of unbranched alkanes of at least 4 members (excludes halogenated alkanes) is 1. The molecular weight excluding hydrogens is 512 g/mol. The van der Waals surface area contributed by atoms with Crippen LogP contribution in [0.1, 0.15) is 71.9 Å². The van der Waals surface area contributed by atoms with Crippen molar-refractivity contribution in [1.29, 1.82) is 0 Å². The average Bonchev–Trinajstić information content (AvgIpc) is 2.89. The highest BCUT2D eigenvalue weighted by atomic mass is 16.5. The second-order valence-corrected chi connectivity index (χ2v) is 11.2. The van der Waals surface area contributed by atoms with E-state index in [-0.39, 0.29) is 17.9 Å². The van der Waals surface area contributed by atoms with Crippen LogP contribution in [0.5, 0.6) is 5.75 Å². The van der Waals surface area contributed by atoms with E-state index in [9.17, 15) is 19.5 Å². The third-order valence-electron chi connectivity index (χ3n) is 6.62. The van der Waals surface area contributed by atoms with Gasteiger partial charge in [-0.2, -0.15) is 0 Å². The standard InChI is InChI=1S/C29H46N6O5/c1-18(33-22-16-20(40-5)15-19-11-12-24(29(2,3)4)35-26(19)22)9-8-14-32-25(36)17-23(28(38)39)34-27(37)21(31)10-6-7-13-30/h11-12,15-16,18,21,23,33H,6-10,13-14,17,30-31H2,1-5H3,(H,32,36)(H,34,37)(H,38,39)/t18?,21-,23?/m1/s1. The molecule has 2 rings (SSSR count). The number of nitrogens with zero attached hydrogens (tertiary/aromatic N) is 1. The predicted molar refractivity (Wildman–Crippen MR) is 157 cm³/mol. The van der Waals surface area contributed by atoms with Crippen molar-refractivity contribution >= 4 is 34.4 Å². The van der Waals surface area contributed by atoms with Gasteiger partial charge in [0.15, 0.2) is 0 Å². The number of nitrogens with one attached hydrogen (secondary N) is 3. The third-order valence-corrected chi connectivity index (χ3v) is 6.62. The van der Waals surface area contributed by atoms with E-state index in [1.165, 1.54) is 0 Å². The number of aromatic nitrogens is 1. The van der Waals surface area contributed by atoms with Gasteiger partial charge in [0.1, 0.15) is 11.8 Å². The lowest BCUT2D eigenvalue weighted by atomic mass is 9.91. The number of hydrogen-bond donors (Lipinski definition) is 6. The van der Waals surface area contributed by atoms with E-state index >= 15 is 0 Å². The Labute approximate surface area is 236 Å². The molecule has 40 heavy (non-hydrogen) atoms. The molecule has 0 aliphatic rings. The molecule has 11 nitrogen and oxygen atoms in total. The number of ether oxygens (including phenoxy) is 1. The lowest BCUT2D eigenvalue weighted by molar-refractivity contribution is -0.143. The molecular formula is C29H46N6O5. The van der Waals surface area contributed by atoms with E-state index in [1.54, 1.807) is 7.11 Å². The Bertz CT molecular complexity index is 1150. The Morgan fingerprint density at radius 1 is 1.10 bits per heavy atom. The third kappa shape index (κ3) is 10.3. The van der Waals surface area contributed by atoms with Crippen molar-refractivity contribution in [3.05, 3.63) is 30.0 Å². The summed E-state index contributed by atoms with van der Waals surface area (Å²) in [5.74, 6) is -1.60. The Morgan fingerprint density at radius 3 is 2.45 bits per heavy atom. The number of fused-ring (bicyclic) bond motifs is 1. The molecule has 1 aromatic carbocycles. The van der Waals surface area contributed by atoms with E-state index in [1.807, 2.05) is 25.1 Å². The Hall–Kier alpha value is -3.44. The van der Waals surface area contributed by atoms with Crippen LogP contribution >= 0.6 is 0 Å². The summed E-state index contributed by atoms with van der Waals surface area (Å²) in [4.78, 5) is 41.1. The van der Waals surface area contributed by atoms with Gasteiger partial charge in [-0.1, -0.05) is 33.3 Å². The van der Waals surface area contributed by atoms with Crippen LogP contribution in [0, 0.1) is 0 Å². The number of nitrogens with two attached hydrogens (primary N) is 2. The van der Waals surface area contributed by atoms with Gasteiger partial charge in [0, 0.05) is 35.1 Å². The van der Waals surface area contributed by atoms with Gasteiger partial charge in [-0.3, -0.25) is 14.6 Å². The van der Waals surface area contributed by atoms with Crippen LogP contribution in [0.4, 0.5) is 5.69 Å². The van der Waals surface area contributed by atoms with Gasteiger partial charge < -0.3 is 37.3 Å². The maximum Gasteiger partial charge on any atom is 0.326 e. The maximum atomic E-state index is 12.4. The lowest BCUT2D eigenvalue weighted by Gasteiger charge is -2.21. The fourth-order valence-corrected chi connectivity index (χ4v) is 4.20. The van der Waals surface area contributed by atoms with Crippen LogP contribution in [0.15, 0.2) is 24.3 Å². The van der Waals surface area contributed by atoms with Gasteiger partial charge >= 0.3 is 5.97 Å². The van der Waals surface area contributed by atoms with Crippen LogP contribution in [0.3, 0.4) is 0 Å². The monoisotopic (exact) mass is 558 g/mol. The minimum absolute atomic E-state index is 0.0686. The Balaban J connectivity index is 1.89. The zero-order valence-corrected chi connectivity index (χ0v) is 24.4. The van der Waals surface area contributed by atoms with Gasteiger partial charge in [-0.05, 0) is 51.3 Å². The van der Waals surface area contributed by atoms with Crippen LogP contribution in [-0.2, 0) is 19.8 Å². The van der Waals surface area contributed by atoms with Crippen molar-refractivity contribution in [2.75, 3.05) is 25.5 Å². The highest BCUT2D eigenvalue weighted by molar-refractivity contribution is 5.92. The zero-order valence-electron chi connectivity index (χ0n) is 24.4. The van der Waals surface area contributed by atoms with Crippen molar-refractivity contribution in [3.8, 4) is 5.75 Å². The van der Waals surface area contributed by atoms with Gasteiger partial charge in [-0.15, -0.1) is 0 Å². The molecule has 2 aromatic rings. The second kappa shape index (κ2) is 15.4. The number of carbonyl (C=O) groups is 3. The van der Waals surface area contributed by atoms with Crippen LogP contribution in [-0.4, -0.2) is 66.2 Å². The molecule has 1 aromatic heterocycles. The molecule has 0 saturated carbocycles. The fourth-order valence-electron chi connectivity index (χ4n) is 4.20. The summed E-state index contributed by atoms with van der Waals surface area (Å²) < 4.78 is 5.48.